The van der Waals surface area contributed by atoms with Gasteiger partial charge in [-0.25, -0.2) is 0 Å². The van der Waals surface area contributed by atoms with Gasteiger partial charge in [-0.1, -0.05) is 32.6 Å². The predicted octanol–water partition coefficient (Wildman–Crippen LogP) is 2.68. The molecule has 0 radical (unpaired) electrons. The molecule has 0 aromatic heterocycles. The van der Waals surface area contributed by atoms with Gasteiger partial charge in [0.2, 0.25) is 0 Å². The molecular weight excluding hydrogens is 152 g/mol. The second-order valence-corrected chi connectivity index (χ2v) is 3.87. The third-order valence-corrected chi connectivity index (χ3v) is 2.80. The zero-order valence-electron chi connectivity index (χ0n) is 7.75. The minimum absolute atomic E-state index is 0.0170. The van der Waals surface area contributed by atoms with Crippen molar-refractivity contribution in [3.8, 4) is 0 Å². The highest BCUT2D eigenvalue weighted by Gasteiger charge is 2.33. The SMILES string of the molecule is CCCCC[C@H]1C[C@@H](C(=O)O)C1. The molecule has 0 bridgehead atoms. The van der Waals surface area contributed by atoms with Crippen LogP contribution in [0.1, 0.15) is 45.4 Å². The van der Waals surface area contributed by atoms with Crippen molar-refractivity contribution in [1.82, 2.24) is 0 Å². The minimum atomic E-state index is -0.596. The molecule has 0 amide bonds. The van der Waals surface area contributed by atoms with Gasteiger partial charge >= 0.3 is 5.97 Å². The lowest BCUT2D eigenvalue weighted by Gasteiger charge is -2.32. The predicted molar refractivity (Wildman–Crippen MR) is 48.0 cm³/mol. The van der Waals surface area contributed by atoms with Gasteiger partial charge in [0.25, 0.3) is 0 Å². The molecule has 2 heteroatoms. The second-order valence-electron chi connectivity index (χ2n) is 3.87. The molecule has 1 saturated carbocycles. The molecule has 2 nitrogen and oxygen atoms in total. The van der Waals surface area contributed by atoms with Crippen LogP contribution in [-0.2, 0) is 4.79 Å². The number of unbranched alkanes of at least 4 members (excludes halogenated alkanes) is 2. The normalized spacial score (nSPS) is 28.1. The third-order valence-electron chi connectivity index (χ3n) is 2.80. The minimum Gasteiger partial charge on any atom is -0.481 e. The second kappa shape index (κ2) is 4.48. The van der Waals surface area contributed by atoms with Crippen LogP contribution in [0.4, 0.5) is 0 Å². The Kier molecular flexibility index (Phi) is 3.57. The Bertz CT molecular complexity index is 148. The summed E-state index contributed by atoms with van der Waals surface area (Å²) in [6.45, 7) is 2.20. The van der Waals surface area contributed by atoms with Crippen molar-refractivity contribution in [2.75, 3.05) is 0 Å². The van der Waals surface area contributed by atoms with Crippen LogP contribution in [0.25, 0.3) is 0 Å². The van der Waals surface area contributed by atoms with Gasteiger partial charge in [-0.05, 0) is 18.8 Å². The number of carboxylic acid groups (broad SMARTS) is 1. The number of carboxylic acids is 1. The number of rotatable bonds is 5. The molecule has 0 aromatic rings. The Morgan fingerprint density at radius 2 is 2.08 bits per heavy atom. The van der Waals surface area contributed by atoms with Gasteiger partial charge in [-0.15, -0.1) is 0 Å². The Morgan fingerprint density at radius 3 is 2.58 bits per heavy atom. The number of aliphatic carboxylic acids is 1. The first-order valence-electron chi connectivity index (χ1n) is 4.96. The molecule has 1 aliphatic carbocycles. The standard InChI is InChI=1S/C10H18O2/c1-2-3-4-5-8-6-9(7-8)10(11)12/h8-9H,2-7H2,1H3,(H,11,12)/t8-,9+. The van der Waals surface area contributed by atoms with Crippen LogP contribution in [0.3, 0.4) is 0 Å². The lowest BCUT2D eigenvalue weighted by molar-refractivity contribution is -0.146. The van der Waals surface area contributed by atoms with E-state index in [-0.39, 0.29) is 5.92 Å². The molecule has 0 aromatic carbocycles. The smallest absolute Gasteiger partial charge is 0.306 e. The van der Waals surface area contributed by atoms with Crippen LogP contribution >= 0.6 is 0 Å². The van der Waals surface area contributed by atoms with Crippen LogP contribution in [-0.4, -0.2) is 11.1 Å². The fourth-order valence-electron chi connectivity index (χ4n) is 1.86. The van der Waals surface area contributed by atoms with Crippen LogP contribution in [0.5, 0.6) is 0 Å². The van der Waals surface area contributed by atoms with Gasteiger partial charge < -0.3 is 5.11 Å². The Morgan fingerprint density at radius 1 is 1.42 bits per heavy atom. The van der Waals surface area contributed by atoms with Gasteiger partial charge in [-0.2, -0.15) is 0 Å². The maximum absolute atomic E-state index is 10.5. The van der Waals surface area contributed by atoms with Gasteiger partial charge in [0.15, 0.2) is 0 Å². The molecule has 0 atom stereocenters. The molecular formula is C10H18O2. The molecule has 0 aliphatic heterocycles. The van der Waals surface area contributed by atoms with Crippen LogP contribution in [0.2, 0.25) is 0 Å². The zero-order valence-corrected chi connectivity index (χ0v) is 7.75. The Balaban J connectivity index is 1.98. The molecule has 1 fully saturated rings. The summed E-state index contributed by atoms with van der Waals surface area (Å²) in [6, 6.07) is 0. The fraction of sp³-hybridized carbons (Fsp3) is 0.900. The van der Waals surface area contributed by atoms with Crippen LogP contribution in [0, 0.1) is 11.8 Å². The molecule has 70 valence electrons. The number of hydrogen-bond donors (Lipinski definition) is 1. The molecule has 0 spiro atoms. The lowest BCUT2D eigenvalue weighted by Crippen LogP contribution is -2.30. The number of hydrogen-bond acceptors (Lipinski definition) is 1. The average molecular weight is 170 g/mol. The highest BCUT2D eigenvalue weighted by atomic mass is 16.4. The van der Waals surface area contributed by atoms with E-state index in [2.05, 4.69) is 6.92 Å². The number of carbonyl (C=O) groups is 1. The van der Waals surface area contributed by atoms with E-state index < -0.39 is 5.97 Å². The molecule has 0 saturated heterocycles. The van der Waals surface area contributed by atoms with Crippen molar-refractivity contribution in [3.63, 3.8) is 0 Å². The van der Waals surface area contributed by atoms with Crippen molar-refractivity contribution in [1.29, 1.82) is 0 Å². The topological polar surface area (TPSA) is 37.3 Å². The summed E-state index contributed by atoms with van der Waals surface area (Å²) in [5.41, 5.74) is 0. The summed E-state index contributed by atoms with van der Waals surface area (Å²) < 4.78 is 0. The third kappa shape index (κ3) is 2.50. The van der Waals surface area contributed by atoms with Crippen molar-refractivity contribution in [2.24, 2.45) is 11.8 Å². The van der Waals surface area contributed by atoms with E-state index in [0.717, 1.165) is 18.8 Å². The van der Waals surface area contributed by atoms with Crippen molar-refractivity contribution >= 4 is 5.97 Å². The molecule has 1 rings (SSSR count). The molecule has 1 aliphatic rings. The summed E-state index contributed by atoms with van der Waals surface area (Å²) in [5.74, 6) is 0.107. The summed E-state index contributed by atoms with van der Waals surface area (Å²) in [4.78, 5) is 10.5. The molecule has 1 N–H and O–H groups in total. The lowest BCUT2D eigenvalue weighted by atomic mass is 9.72. The van der Waals surface area contributed by atoms with E-state index in [1.165, 1.54) is 25.7 Å². The first kappa shape index (κ1) is 9.56. The molecule has 12 heavy (non-hydrogen) atoms. The van der Waals surface area contributed by atoms with Gasteiger partial charge in [0.1, 0.15) is 0 Å². The average Bonchev–Trinajstić information content (AvgIpc) is 1.93. The van der Waals surface area contributed by atoms with Gasteiger partial charge in [0.05, 0.1) is 5.92 Å². The van der Waals surface area contributed by atoms with Crippen molar-refractivity contribution in [3.05, 3.63) is 0 Å². The zero-order chi connectivity index (χ0) is 8.97. The van der Waals surface area contributed by atoms with E-state index in [1.807, 2.05) is 0 Å². The van der Waals surface area contributed by atoms with E-state index in [1.54, 1.807) is 0 Å². The first-order valence-corrected chi connectivity index (χ1v) is 4.96. The largest absolute Gasteiger partial charge is 0.481 e. The monoisotopic (exact) mass is 170 g/mol. The Labute approximate surface area is 74.0 Å². The van der Waals surface area contributed by atoms with E-state index in [9.17, 15) is 4.79 Å². The summed E-state index contributed by atoms with van der Waals surface area (Å²) in [5, 5.41) is 8.62. The Hall–Kier alpha value is -0.530. The summed E-state index contributed by atoms with van der Waals surface area (Å²) in [7, 11) is 0. The first-order chi connectivity index (χ1) is 5.74. The summed E-state index contributed by atoms with van der Waals surface area (Å²) >= 11 is 0. The van der Waals surface area contributed by atoms with Crippen LogP contribution in [0.15, 0.2) is 0 Å². The maximum Gasteiger partial charge on any atom is 0.306 e. The highest BCUT2D eigenvalue weighted by molar-refractivity contribution is 5.71. The summed E-state index contributed by atoms with van der Waals surface area (Å²) in [6.07, 6.45) is 6.95. The van der Waals surface area contributed by atoms with Gasteiger partial charge in [0, 0.05) is 0 Å². The maximum atomic E-state index is 10.5. The molecule has 0 heterocycles. The van der Waals surface area contributed by atoms with Crippen molar-refractivity contribution in [2.45, 2.75) is 45.4 Å². The van der Waals surface area contributed by atoms with E-state index in [0.29, 0.717) is 0 Å². The van der Waals surface area contributed by atoms with E-state index >= 15 is 0 Å². The van der Waals surface area contributed by atoms with Crippen molar-refractivity contribution < 1.29 is 9.90 Å². The van der Waals surface area contributed by atoms with Crippen LogP contribution < -0.4 is 0 Å². The molecule has 0 unspecified atom stereocenters. The quantitative estimate of drug-likeness (QED) is 0.644. The fourth-order valence-corrected chi connectivity index (χ4v) is 1.86. The highest BCUT2D eigenvalue weighted by Crippen LogP contribution is 2.37. The van der Waals surface area contributed by atoms with Gasteiger partial charge in [-0.3, -0.25) is 4.79 Å². The van der Waals surface area contributed by atoms with E-state index in [4.69, 9.17) is 5.11 Å².